The maximum atomic E-state index is 3.88. The minimum atomic E-state index is 1.09. The quantitative estimate of drug-likeness (QED) is 0.369. The Hall–Kier alpha value is -0.800. The zero-order valence-corrected chi connectivity index (χ0v) is 4.62. The van der Waals surface area contributed by atoms with Gasteiger partial charge in [0.05, 0.1) is 26.2 Å². The van der Waals surface area contributed by atoms with Gasteiger partial charge in [0.2, 0.25) is 0 Å². The molecule has 0 aliphatic carbocycles. The van der Waals surface area contributed by atoms with Gasteiger partial charge in [0, 0.05) is 0 Å². The molecule has 2 aliphatic rings. The normalized spacial score (nSPS) is 25.0. The van der Waals surface area contributed by atoms with Crippen LogP contribution >= 0.6 is 0 Å². The van der Waals surface area contributed by atoms with E-state index >= 15 is 0 Å². The molecule has 0 atom stereocenters. The molecular weight excluding hydrogens is 104 g/mol. The molecule has 0 aromatic carbocycles. The van der Waals surface area contributed by atoms with Crippen LogP contribution in [0.25, 0.3) is 0 Å². The van der Waals surface area contributed by atoms with E-state index in [1.54, 1.807) is 0 Å². The summed E-state index contributed by atoms with van der Waals surface area (Å²) in [6.07, 6.45) is 0. The molecule has 0 bridgehead atoms. The Bertz CT molecular complexity index is 99.2. The smallest absolute Gasteiger partial charge is 0.0571 e. The predicted molar refractivity (Wildman–Crippen MR) is 28.0 cm³/mol. The van der Waals surface area contributed by atoms with Crippen molar-refractivity contribution < 1.29 is 0 Å². The first-order valence-corrected chi connectivity index (χ1v) is 2.86. The molecule has 2 fully saturated rings. The molecule has 2 aliphatic heterocycles. The molecule has 8 heavy (non-hydrogen) atoms. The van der Waals surface area contributed by atoms with Gasteiger partial charge in [-0.05, 0) is 0 Å². The van der Waals surface area contributed by atoms with Crippen LogP contribution in [0, 0.1) is 0 Å². The van der Waals surface area contributed by atoms with Gasteiger partial charge >= 0.3 is 0 Å². The highest BCUT2D eigenvalue weighted by molar-refractivity contribution is 4.67. The first kappa shape index (κ1) is 4.12. The Morgan fingerprint density at radius 2 is 1.12 bits per heavy atom. The Kier molecular flexibility index (Phi) is 0.688. The Morgan fingerprint density at radius 3 is 1.38 bits per heavy atom. The molecule has 4 nitrogen and oxygen atoms in total. The fourth-order valence-electron chi connectivity index (χ4n) is 0.381. The SMILES string of the molecule is C1CN1/N=N/N1CC1. The number of nitrogens with zero attached hydrogens (tertiary/aromatic N) is 4. The van der Waals surface area contributed by atoms with E-state index in [9.17, 15) is 0 Å². The van der Waals surface area contributed by atoms with Crippen LogP contribution in [0.1, 0.15) is 0 Å². The van der Waals surface area contributed by atoms with Gasteiger partial charge in [0.15, 0.2) is 0 Å². The average molecular weight is 112 g/mol. The molecule has 0 radical (unpaired) electrons. The largest absolute Gasteiger partial charge is 0.273 e. The van der Waals surface area contributed by atoms with Crippen molar-refractivity contribution in [1.82, 2.24) is 10.0 Å². The summed E-state index contributed by atoms with van der Waals surface area (Å²) in [4.78, 5) is 0. The fraction of sp³-hybridized carbons (Fsp3) is 1.00. The average Bonchev–Trinajstić information content (AvgIpc) is 2.60. The lowest BCUT2D eigenvalue weighted by molar-refractivity contribution is 0.449. The summed E-state index contributed by atoms with van der Waals surface area (Å²) in [5, 5.41) is 11.6. The zero-order valence-electron chi connectivity index (χ0n) is 4.62. The van der Waals surface area contributed by atoms with E-state index in [1.807, 2.05) is 10.0 Å². The highest BCUT2D eigenvalue weighted by Gasteiger charge is 2.18. The van der Waals surface area contributed by atoms with Crippen molar-refractivity contribution >= 4 is 0 Å². The first-order chi connectivity index (χ1) is 3.95. The summed E-state index contributed by atoms with van der Waals surface area (Å²) in [6, 6.07) is 0. The van der Waals surface area contributed by atoms with E-state index in [1.165, 1.54) is 0 Å². The molecule has 0 amide bonds. The lowest BCUT2D eigenvalue weighted by atomic mass is 11.0. The van der Waals surface area contributed by atoms with E-state index in [0.29, 0.717) is 0 Å². The number of hydrogen-bond donors (Lipinski definition) is 0. The highest BCUT2D eigenvalue weighted by atomic mass is 15.7. The van der Waals surface area contributed by atoms with Crippen molar-refractivity contribution in [2.75, 3.05) is 26.2 Å². The van der Waals surface area contributed by atoms with Crippen molar-refractivity contribution in [3.8, 4) is 0 Å². The second-order valence-corrected chi connectivity index (χ2v) is 2.09. The number of hydrogen-bond acceptors (Lipinski definition) is 2. The van der Waals surface area contributed by atoms with Crippen LogP contribution in [-0.2, 0) is 0 Å². The molecule has 0 aromatic rings. The molecule has 2 saturated heterocycles. The van der Waals surface area contributed by atoms with Crippen molar-refractivity contribution in [2.45, 2.75) is 0 Å². The van der Waals surface area contributed by atoms with Gasteiger partial charge in [-0.15, -0.1) is 0 Å². The monoisotopic (exact) mass is 112 g/mol. The van der Waals surface area contributed by atoms with Crippen LogP contribution in [0.3, 0.4) is 0 Å². The topological polar surface area (TPSA) is 30.7 Å². The summed E-state index contributed by atoms with van der Waals surface area (Å²) >= 11 is 0. The molecule has 0 N–H and O–H groups in total. The van der Waals surface area contributed by atoms with E-state index in [-0.39, 0.29) is 0 Å². The van der Waals surface area contributed by atoms with E-state index in [4.69, 9.17) is 0 Å². The van der Waals surface area contributed by atoms with Gasteiger partial charge in [0.25, 0.3) is 0 Å². The van der Waals surface area contributed by atoms with Gasteiger partial charge in [-0.3, -0.25) is 10.0 Å². The Balaban J connectivity index is 1.76. The van der Waals surface area contributed by atoms with Gasteiger partial charge in [-0.1, -0.05) is 10.4 Å². The molecule has 0 unspecified atom stereocenters. The summed E-state index contributed by atoms with van der Waals surface area (Å²) in [5.41, 5.74) is 0. The van der Waals surface area contributed by atoms with E-state index < -0.39 is 0 Å². The Morgan fingerprint density at radius 1 is 0.750 bits per heavy atom. The number of rotatable bonds is 2. The third kappa shape index (κ3) is 0.882. The standard InChI is InChI=1S/C4H8N4/c1-2-7(1)5-6-8-3-4-8/h1-4H2/b6-5+. The molecule has 0 spiro atoms. The maximum absolute atomic E-state index is 3.88. The molecule has 4 heteroatoms. The lowest BCUT2D eigenvalue weighted by Gasteiger charge is -1.86. The van der Waals surface area contributed by atoms with Crippen LogP contribution in [0.15, 0.2) is 10.4 Å². The second-order valence-electron chi connectivity index (χ2n) is 2.09. The van der Waals surface area contributed by atoms with Crippen LogP contribution < -0.4 is 0 Å². The van der Waals surface area contributed by atoms with E-state index in [2.05, 4.69) is 10.4 Å². The summed E-state index contributed by atoms with van der Waals surface area (Å²) < 4.78 is 0. The molecule has 0 saturated carbocycles. The van der Waals surface area contributed by atoms with Crippen molar-refractivity contribution in [1.29, 1.82) is 0 Å². The molecule has 44 valence electrons. The third-order valence-corrected chi connectivity index (χ3v) is 1.14. The van der Waals surface area contributed by atoms with Gasteiger partial charge < -0.3 is 0 Å². The van der Waals surface area contributed by atoms with Crippen molar-refractivity contribution in [3.63, 3.8) is 0 Å². The van der Waals surface area contributed by atoms with Crippen molar-refractivity contribution in [3.05, 3.63) is 0 Å². The van der Waals surface area contributed by atoms with Crippen LogP contribution in [0.5, 0.6) is 0 Å². The van der Waals surface area contributed by atoms with E-state index in [0.717, 1.165) is 26.2 Å². The highest BCUT2D eigenvalue weighted by Crippen LogP contribution is 2.08. The molecule has 2 heterocycles. The third-order valence-electron chi connectivity index (χ3n) is 1.14. The zero-order chi connectivity index (χ0) is 5.40. The van der Waals surface area contributed by atoms with Crippen molar-refractivity contribution in [2.24, 2.45) is 10.4 Å². The lowest BCUT2D eigenvalue weighted by Crippen LogP contribution is -1.84. The Labute approximate surface area is 47.7 Å². The predicted octanol–water partition coefficient (Wildman–Crippen LogP) is -0.100. The molecular formula is C4H8N4. The van der Waals surface area contributed by atoms with Crippen LogP contribution in [0.2, 0.25) is 0 Å². The van der Waals surface area contributed by atoms with Crippen LogP contribution in [-0.4, -0.2) is 36.2 Å². The first-order valence-electron chi connectivity index (χ1n) is 2.86. The van der Waals surface area contributed by atoms with Crippen LogP contribution in [0.4, 0.5) is 0 Å². The summed E-state index contributed by atoms with van der Waals surface area (Å²) in [5.74, 6) is 0. The summed E-state index contributed by atoms with van der Waals surface area (Å²) in [6.45, 7) is 4.38. The minimum absolute atomic E-state index is 1.09. The maximum Gasteiger partial charge on any atom is 0.0571 e. The fourth-order valence-corrected chi connectivity index (χ4v) is 0.381. The molecule has 0 aromatic heterocycles. The molecule has 2 rings (SSSR count). The van der Waals surface area contributed by atoms with Gasteiger partial charge in [0.1, 0.15) is 0 Å². The minimum Gasteiger partial charge on any atom is -0.273 e. The van der Waals surface area contributed by atoms with Gasteiger partial charge in [-0.25, -0.2) is 0 Å². The van der Waals surface area contributed by atoms with Gasteiger partial charge in [-0.2, -0.15) is 0 Å². The second kappa shape index (κ2) is 1.34. The summed E-state index contributed by atoms with van der Waals surface area (Å²) in [7, 11) is 0.